The summed E-state index contributed by atoms with van der Waals surface area (Å²) in [7, 11) is 0. The lowest BCUT2D eigenvalue weighted by Crippen LogP contribution is -2.18. The number of aryl methyl sites for hydroxylation is 2. The average Bonchev–Trinajstić information content (AvgIpc) is 2.70. The summed E-state index contributed by atoms with van der Waals surface area (Å²) in [5.74, 6) is -1.19. The zero-order valence-corrected chi connectivity index (χ0v) is 16.9. The number of carbonyl (C=O) groups is 1. The van der Waals surface area contributed by atoms with Crippen molar-refractivity contribution < 1.29 is 22.4 Å². The molecule has 1 atom stereocenters. The van der Waals surface area contributed by atoms with Gasteiger partial charge in [-0.1, -0.05) is 24.8 Å². The minimum atomic E-state index is -2.96. The maximum absolute atomic E-state index is 14.6. The predicted octanol–water partition coefficient (Wildman–Crippen LogP) is 4.57. The number of fused-ring (bicyclic) bond motifs is 1. The van der Waals surface area contributed by atoms with E-state index in [2.05, 4.69) is 27.2 Å². The Morgan fingerprint density at radius 2 is 1.90 bits per heavy atom. The number of carbonyl (C=O) groups excluding carboxylic acids is 1. The van der Waals surface area contributed by atoms with E-state index in [-0.39, 0.29) is 34.0 Å². The molecule has 31 heavy (non-hydrogen) atoms. The molecule has 7 nitrogen and oxygen atoms in total. The third-order valence-electron chi connectivity index (χ3n) is 4.68. The SMILES string of the molecule is C=CC(=O)Nc1c(C)c2c(N[C@H](C)c3cccc(C(F)F)c3F)nc(C)nc2oc1=O. The Kier molecular flexibility index (Phi) is 6.09. The van der Waals surface area contributed by atoms with Crippen LogP contribution in [0.2, 0.25) is 0 Å². The van der Waals surface area contributed by atoms with Crippen molar-refractivity contribution in [2.24, 2.45) is 0 Å². The molecule has 0 fully saturated rings. The summed E-state index contributed by atoms with van der Waals surface area (Å²) in [6, 6.07) is 2.98. The van der Waals surface area contributed by atoms with Crippen LogP contribution in [0, 0.1) is 19.7 Å². The summed E-state index contributed by atoms with van der Waals surface area (Å²) in [5, 5.41) is 5.64. The van der Waals surface area contributed by atoms with E-state index in [4.69, 9.17) is 4.42 Å². The molecule has 0 radical (unpaired) electrons. The molecule has 3 rings (SSSR count). The largest absolute Gasteiger partial charge is 0.402 e. The highest BCUT2D eigenvalue weighted by atomic mass is 19.3. The van der Waals surface area contributed by atoms with Gasteiger partial charge in [0.25, 0.3) is 6.43 Å². The maximum atomic E-state index is 14.6. The van der Waals surface area contributed by atoms with E-state index in [1.165, 1.54) is 12.1 Å². The van der Waals surface area contributed by atoms with E-state index < -0.39 is 35.4 Å². The van der Waals surface area contributed by atoms with Gasteiger partial charge in [0.1, 0.15) is 23.1 Å². The summed E-state index contributed by atoms with van der Waals surface area (Å²) in [6.45, 7) is 8.04. The first-order chi connectivity index (χ1) is 14.6. The number of anilines is 2. The monoisotopic (exact) mass is 432 g/mol. The first-order valence-electron chi connectivity index (χ1n) is 9.22. The number of hydrogen-bond acceptors (Lipinski definition) is 6. The molecule has 1 amide bonds. The Bertz CT molecular complexity index is 1240. The molecule has 0 spiro atoms. The summed E-state index contributed by atoms with van der Waals surface area (Å²) >= 11 is 0. The highest BCUT2D eigenvalue weighted by Crippen LogP contribution is 2.32. The normalized spacial score (nSPS) is 12.1. The fraction of sp³-hybridized carbons (Fsp3) is 0.238. The number of nitrogens with one attached hydrogen (secondary N) is 2. The standard InChI is InChI=1S/C21H19F3N4O3/c1-5-14(29)28-17-9(2)15-19(26-11(4)27-20(15)31-21(17)30)25-10(3)12-7-6-8-13(16(12)22)18(23)24/h5-8,10,18H,1H2,2-4H3,(H,28,29)(H,25,26,27)/t10-/m1/s1. The third-order valence-corrected chi connectivity index (χ3v) is 4.68. The summed E-state index contributed by atoms with van der Waals surface area (Å²) in [5.41, 5.74) is -1.34. The summed E-state index contributed by atoms with van der Waals surface area (Å²) in [4.78, 5) is 32.4. The molecule has 2 aromatic heterocycles. The van der Waals surface area contributed by atoms with Gasteiger partial charge in [-0.15, -0.1) is 0 Å². The fourth-order valence-corrected chi connectivity index (χ4v) is 3.15. The van der Waals surface area contributed by atoms with Gasteiger partial charge in [0.05, 0.1) is 17.0 Å². The van der Waals surface area contributed by atoms with Crippen LogP contribution in [0.1, 0.15) is 41.9 Å². The molecule has 0 saturated carbocycles. The van der Waals surface area contributed by atoms with E-state index >= 15 is 0 Å². The highest BCUT2D eigenvalue weighted by Gasteiger charge is 2.22. The number of alkyl halides is 2. The number of nitrogens with zero attached hydrogens (tertiary/aromatic N) is 2. The van der Waals surface area contributed by atoms with E-state index in [1.54, 1.807) is 20.8 Å². The Labute approximate surface area is 175 Å². The molecule has 3 aromatic rings. The van der Waals surface area contributed by atoms with Crippen LogP contribution in [0.3, 0.4) is 0 Å². The molecular weight excluding hydrogens is 413 g/mol. The van der Waals surface area contributed by atoms with Crippen LogP contribution in [0.15, 0.2) is 40.1 Å². The van der Waals surface area contributed by atoms with Crippen LogP contribution >= 0.6 is 0 Å². The van der Waals surface area contributed by atoms with E-state index in [0.717, 1.165) is 12.1 Å². The molecule has 0 bridgehead atoms. The van der Waals surface area contributed by atoms with Crippen LogP contribution < -0.4 is 16.3 Å². The van der Waals surface area contributed by atoms with Crippen LogP contribution in [0.4, 0.5) is 24.7 Å². The molecule has 0 aliphatic rings. The second kappa shape index (κ2) is 8.58. The van der Waals surface area contributed by atoms with Crippen molar-refractivity contribution >= 4 is 28.5 Å². The van der Waals surface area contributed by atoms with E-state index in [1.807, 2.05) is 0 Å². The summed E-state index contributed by atoms with van der Waals surface area (Å²) < 4.78 is 45.9. The van der Waals surface area contributed by atoms with Crippen LogP contribution in [-0.4, -0.2) is 15.9 Å². The van der Waals surface area contributed by atoms with Crippen molar-refractivity contribution in [2.45, 2.75) is 33.2 Å². The lowest BCUT2D eigenvalue weighted by molar-refractivity contribution is -0.111. The minimum absolute atomic E-state index is 0.0115. The average molecular weight is 432 g/mol. The molecular formula is C21H19F3N4O3. The lowest BCUT2D eigenvalue weighted by atomic mass is 10.0. The molecule has 162 valence electrons. The van der Waals surface area contributed by atoms with Gasteiger partial charge in [0, 0.05) is 5.56 Å². The van der Waals surface area contributed by atoms with Gasteiger partial charge < -0.3 is 15.1 Å². The second-order valence-electron chi connectivity index (χ2n) is 6.80. The van der Waals surface area contributed by atoms with Gasteiger partial charge in [-0.2, -0.15) is 4.98 Å². The van der Waals surface area contributed by atoms with Gasteiger partial charge in [-0.25, -0.2) is 22.9 Å². The first-order valence-corrected chi connectivity index (χ1v) is 9.22. The second-order valence-corrected chi connectivity index (χ2v) is 6.80. The molecule has 0 aliphatic carbocycles. The van der Waals surface area contributed by atoms with Crippen LogP contribution in [0.25, 0.3) is 11.1 Å². The third kappa shape index (κ3) is 4.27. The molecule has 2 N–H and O–H groups in total. The van der Waals surface area contributed by atoms with E-state index in [0.29, 0.717) is 5.56 Å². The van der Waals surface area contributed by atoms with Crippen molar-refractivity contribution in [3.63, 3.8) is 0 Å². The van der Waals surface area contributed by atoms with E-state index in [9.17, 15) is 22.8 Å². The number of halogens is 3. The molecule has 0 unspecified atom stereocenters. The summed E-state index contributed by atoms with van der Waals surface area (Å²) in [6.07, 6.45) is -1.96. The van der Waals surface area contributed by atoms with Crippen molar-refractivity contribution in [3.05, 3.63) is 69.6 Å². The van der Waals surface area contributed by atoms with Gasteiger partial charge in [-0.3, -0.25) is 4.79 Å². The van der Waals surface area contributed by atoms with Crippen LogP contribution in [-0.2, 0) is 4.79 Å². The number of rotatable bonds is 6. The van der Waals surface area contributed by atoms with Gasteiger partial charge in [0.15, 0.2) is 0 Å². The maximum Gasteiger partial charge on any atom is 0.361 e. The molecule has 0 saturated heterocycles. The zero-order valence-electron chi connectivity index (χ0n) is 16.9. The Morgan fingerprint density at radius 3 is 2.55 bits per heavy atom. The van der Waals surface area contributed by atoms with Crippen molar-refractivity contribution in [3.8, 4) is 0 Å². The molecule has 0 aliphatic heterocycles. The first kappa shape index (κ1) is 22.0. The quantitative estimate of drug-likeness (QED) is 0.554. The topological polar surface area (TPSA) is 97.1 Å². The van der Waals surface area contributed by atoms with Crippen LogP contribution in [0.5, 0.6) is 0 Å². The number of benzene rings is 1. The highest BCUT2D eigenvalue weighted by molar-refractivity contribution is 6.01. The fourth-order valence-electron chi connectivity index (χ4n) is 3.15. The number of amides is 1. The van der Waals surface area contributed by atoms with Crippen molar-refractivity contribution in [1.29, 1.82) is 0 Å². The van der Waals surface area contributed by atoms with Gasteiger partial charge >= 0.3 is 5.63 Å². The Hall–Kier alpha value is -3.69. The zero-order chi connectivity index (χ0) is 22.9. The van der Waals surface area contributed by atoms with Crippen molar-refractivity contribution in [1.82, 2.24) is 9.97 Å². The molecule has 1 aromatic carbocycles. The molecule has 10 heteroatoms. The van der Waals surface area contributed by atoms with Crippen molar-refractivity contribution in [2.75, 3.05) is 10.6 Å². The number of aromatic nitrogens is 2. The number of hydrogen-bond donors (Lipinski definition) is 2. The lowest BCUT2D eigenvalue weighted by Gasteiger charge is -2.19. The van der Waals surface area contributed by atoms with Gasteiger partial charge in [-0.05, 0) is 32.4 Å². The predicted molar refractivity (Wildman–Crippen MR) is 110 cm³/mol. The Balaban J connectivity index is 2.13. The van der Waals surface area contributed by atoms with Gasteiger partial charge in [0.2, 0.25) is 11.6 Å². The molecule has 2 heterocycles. The smallest absolute Gasteiger partial charge is 0.361 e. The Morgan fingerprint density at radius 1 is 1.23 bits per heavy atom. The minimum Gasteiger partial charge on any atom is -0.402 e.